The molecule has 1 aliphatic heterocycles. The molecule has 3 aliphatic rings. The molecule has 3 fully saturated rings. The van der Waals surface area contributed by atoms with Crippen molar-refractivity contribution in [2.75, 3.05) is 13.2 Å². The first-order chi connectivity index (χ1) is 8.11. The highest BCUT2D eigenvalue weighted by atomic mass is 16.7. The van der Waals surface area contributed by atoms with E-state index in [0.29, 0.717) is 30.6 Å². The first-order valence-electron chi connectivity index (χ1n) is 6.25. The van der Waals surface area contributed by atoms with Gasteiger partial charge in [0.15, 0.2) is 5.79 Å². The Kier molecular flexibility index (Phi) is 2.52. The van der Waals surface area contributed by atoms with Crippen molar-refractivity contribution in [1.29, 1.82) is 0 Å². The van der Waals surface area contributed by atoms with Gasteiger partial charge in [-0.2, -0.15) is 0 Å². The Labute approximate surface area is 101 Å². The molecule has 0 radical (unpaired) electrons. The molecular weight excluding hydrogens is 220 g/mol. The van der Waals surface area contributed by atoms with Crippen LogP contribution in [0.3, 0.4) is 0 Å². The maximum Gasteiger partial charge on any atom is 0.333 e. The van der Waals surface area contributed by atoms with Gasteiger partial charge in [-0.25, -0.2) is 4.79 Å². The van der Waals surface area contributed by atoms with E-state index in [1.807, 2.05) is 0 Å². The van der Waals surface area contributed by atoms with Crippen LogP contribution in [0.1, 0.15) is 26.2 Å². The Morgan fingerprint density at radius 2 is 2.06 bits per heavy atom. The third-order valence-electron chi connectivity index (χ3n) is 4.18. The van der Waals surface area contributed by atoms with Crippen molar-refractivity contribution >= 4 is 5.97 Å². The fourth-order valence-corrected chi connectivity index (χ4v) is 3.40. The molecule has 3 atom stereocenters. The fourth-order valence-electron chi connectivity index (χ4n) is 3.40. The molecule has 0 aromatic rings. The third-order valence-corrected chi connectivity index (χ3v) is 4.18. The van der Waals surface area contributed by atoms with Crippen LogP contribution in [-0.2, 0) is 19.0 Å². The quantitative estimate of drug-likeness (QED) is 0.542. The molecule has 0 aromatic carbocycles. The number of fused-ring (bicyclic) bond motifs is 3. The largest absolute Gasteiger partial charge is 0.459 e. The van der Waals surface area contributed by atoms with Crippen molar-refractivity contribution in [3.63, 3.8) is 0 Å². The molecule has 3 unspecified atom stereocenters. The lowest BCUT2D eigenvalue weighted by atomic mass is 9.91. The molecule has 0 N–H and O–H groups in total. The number of esters is 1. The van der Waals surface area contributed by atoms with Crippen molar-refractivity contribution in [2.45, 2.75) is 38.1 Å². The maximum atomic E-state index is 11.5. The lowest BCUT2D eigenvalue weighted by Gasteiger charge is -2.34. The van der Waals surface area contributed by atoms with Gasteiger partial charge in [0.05, 0.1) is 13.2 Å². The van der Waals surface area contributed by atoms with E-state index < -0.39 is 0 Å². The summed E-state index contributed by atoms with van der Waals surface area (Å²) in [5.74, 6) is 0.153. The third kappa shape index (κ3) is 1.70. The molecule has 1 spiro atoms. The van der Waals surface area contributed by atoms with E-state index in [2.05, 4.69) is 6.58 Å². The second-order valence-corrected chi connectivity index (χ2v) is 5.37. The topological polar surface area (TPSA) is 44.8 Å². The first-order valence-corrected chi connectivity index (χ1v) is 6.25. The zero-order valence-electron chi connectivity index (χ0n) is 10.1. The van der Waals surface area contributed by atoms with Gasteiger partial charge in [-0.3, -0.25) is 0 Å². The molecule has 3 rings (SSSR count). The van der Waals surface area contributed by atoms with Gasteiger partial charge in [0.1, 0.15) is 6.10 Å². The van der Waals surface area contributed by atoms with Gasteiger partial charge in [0.25, 0.3) is 0 Å². The SMILES string of the molecule is C=C(C)C(=O)OC1CC2CC1CC21OCCO1. The van der Waals surface area contributed by atoms with Crippen LogP contribution in [0.2, 0.25) is 0 Å². The zero-order valence-corrected chi connectivity index (χ0v) is 10.1. The van der Waals surface area contributed by atoms with E-state index in [9.17, 15) is 4.79 Å². The average molecular weight is 238 g/mol. The molecule has 17 heavy (non-hydrogen) atoms. The molecule has 2 aliphatic carbocycles. The summed E-state index contributed by atoms with van der Waals surface area (Å²) in [6.45, 7) is 6.67. The van der Waals surface area contributed by atoms with E-state index in [1.54, 1.807) is 6.92 Å². The van der Waals surface area contributed by atoms with Crippen molar-refractivity contribution in [3.05, 3.63) is 12.2 Å². The minimum absolute atomic E-state index is 0.0302. The van der Waals surface area contributed by atoms with Crippen molar-refractivity contribution < 1.29 is 19.0 Å². The molecule has 0 amide bonds. The van der Waals surface area contributed by atoms with Crippen LogP contribution >= 0.6 is 0 Å². The van der Waals surface area contributed by atoms with E-state index >= 15 is 0 Å². The summed E-state index contributed by atoms with van der Waals surface area (Å²) in [5.41, 5.74) is 0.468. The van der Waals surface area contributed by atoms with Crippen LogP contribution in [0.25, 0.3) is 0 Å². The summed E-state index contributed by atoms with van der Waals surface area (Å²) >= 11 is 0. The smallest absolute Gasteiger partial charge is 0.333 e. The molecule has 1 heterocycles. The number of carbonyl (C=O) groups excluding carboxylic acids is 1. The number of ether oxygens (including phenoxy) is 3. The van der Waals surface area contributed by atoms with E-state index in [4.69, 9.17) is 14.2 Å². The van der Waals surface area contributed by atoms with Crippen molar-refractivity contribution in [1.82, 2.24) is 0 Å². The Morgan fingerprint density at radius 3 is 2.59 bits per heavy atom. The highest BCUT2D eigenvalue weighted by Crippen LogP contribution is 2.55. The number of hydrogen-bond acceptors (Lipinski definition) is 4. The second kappa shape index (κ2) is 3.82. The van der Waals surface area contributed by atoms with Crippen molar-refractivity contribution in [2.24, 2.45) is 11.8 Å². The Balaban J connectivity index is 1.64. The summed E-state index contributed by atoms with van der Waals surface area (Å²) in [5, 5.41) is 0. The van der Waals surface area contributed by atoms with Gasteiger partial charge in [0, 0.05) is 23.8 Å². The summed E-state index contributed by atoms with van der Waals surface area (Å²) < 4.78 is 17.0. The lowest BCUT2D eigenvalue weighted by molar-refractivity contribution is -0.203. The molecule has 1 saturated heterocycles. The van der Waals surface area contributed by atoms with Crippen molar-refractivity contribution in [3.8, 4) is 0 Å². The van der Waals surface area contributed by atoms with Gasteiger partial charge in [-0.15, -0.1) is 0 Å². The van der Waals surface area contributed by atoms with Crippen LogP contribution < -0.4 is 0 Å². The monoisotopic (exact) mass is 238 g/mol. The van der Waals surface area contributed by atoms with Crippen LogP contribution in [0.4, 0.5) is 0 Å². The predicted molar refractivity (Wildman–Crippen MR) is 60.2 cm³/mol. The Hall–Kier alpha value is -0.870. The summed E-state index contributed by atoms with van der Waals surface area (Å²) in [7, 11) is 0. The number of carbonyl (C=O) groups is 1. The van der Waals surface area contributed by atoms with Crippen LogP contribution in [-0.4, -0.2) is 31.1 Å². The first kappa shape index (κ1) is 11.2. The highest BCUT2D eigenvalue weighted by molar-refractivity contribution is 5.87. The molecule has 4 nitrogen and oxygen atoms in total. The minimum atomic E-state index is -0.350. The van der Waals surface area contributed by atoms with Crippen LogP contribution in [0.15, 0.2) is 12.2 Å². The Bertz CT molecular complexity index is 356. The van der Waals surface area contributed by atoms with Gasteiger partial charge < -0.3 is 14.2 Å². The number of rotatable bonds is 2. The zero-order chi connectivity index (χ0) is 12.0. The Morgan fingerprint density at radius 1 is 1.35 bits per heavy atom. The molecule has 2 bridgehead atoms. The van der Waals surface area contributed by atoms with Gasteiger partial charge in [-0.05, 0) is 19.8 Å². The standard InChI is InChI=1S/C13H18O4/c1-8(2)12(14)17-11-6-10-5-9(11)7-13(10)15-3-4-16-13/h9-11H,1,3-7H2,2H3. The fraction of sp³-hybridized carbons (Fsp3) is 0.769. The molecule has 4 heteroatoms. The lowest BCUT2D eigenvalue weighted by Crippen LogP contribution is -2.41. The molecular formula is C13H18O4. The summed E-state index contributed by atoms with van der Waals surface area (Å²) in [4.78, 5) is 11.5. The molecule has 94 valence electrons. The summed E-state index contributed by atoms with van der Waals surface area (Å²) in [6.07, 6.45) is 2.81. The van der Waals surface area contributed by atoms with Gasteiger partial charge >= 0.3 is 5.97 Å². The van der Waals surface area contributed by atoms with Crippen LogP contribution in [0.5, 0.6) is 0 Å². The van der Waals surface area contributed by atoms with E-state index in [-0.39, 0.29) is 17.9 Å². The normalized spacial score (nSPS) is 37.6. The average Bonchev–Trinajstić information content (AvgIpc) is 2.95. The summed E-state index contributed by atoms with van der Waals surface area (Å²) in [6, 6.07) is 0. The minimum Gasteiger partial charge on any atom is -0.459 e. The number of hydrogen-bond donors (Lipinski definition) is 0. The van der Waals surface area contributed by atoms with Gasteiger partial charge in [0.2, 0.25) is 0 Å². The van der Waals surface area contributed by atoms with E-state index in [1.165, 1.54) is 0 Å². The predicted octanol–water partition coefficient (Wildman–Crippen LogP) is 1.65. The second-order valence-electron chi connectivity index (χ2n) is 5.37. The van der Waals surface area contributed by atoms with Crippen LogP contribution in [0, 0.1) is 11.8 Å². The van der Waals surface area contributed by atoms with Gasteiger partial charge in [-0.1, -0.05) is 6.58 Å². The van der Waals surface area contributed by atoms with E-state index in [0.717, 1.165) is 19.3 Å². The molecule has 2 saturated carbocycles. The highest BCUT2D eigenvalue weighted by Gasteiger charge is 2.59. The maximum absolute atomic E-state index is 11.5. The molecule has 0 aromatic heterocycles.